The molecule has 0 radical (unpaired) electrons. The van der Waals surface area contributed by atoms with E-state index in [9.17, 15) is 4.39 Å². The van der Waals surface area contributed by atoms with E-state index in [4.69, 9.17) is 10.8 Å². The van der Waals surface area contributed by atoms with Gasteiger partial charge in [-0.05, 0) is 26.8 Å². The molecule has 0 amide bonds. The predicted molar refractivity (Wildman–Crippen MR) is 34.9 cm³/mol. The van der Waals surface area contributed by atoms with Crippen molar-refractivity contribution in [1.29, 1.82) is 0 Å². The van der Waals surface area contributed by atoms with Gasteiger partial charge in [0.05, 0.1) is 6.10 Å². The topological polar surface area (TPSA) is 46.2 Å². The molecule has 0 aliphatic heterocycles. The van der Waals surface area contributed by atoms with Gasteiger partial charge >= 0.3 is 0 Å². The summed E-state index contributed by atoms with van der Waals surface area (Å²) in [6.45, 7) is 3.01. The Kier molecular flexibility index (Phi) is 3.08. The van der Waals surface area contributed by atoms with Gasteiger partial charge in [-0.3, -0.25) is 0 Å². The Bertz CT molecular complexity index is 79.6. The predicted octanol–water partition coefficient (Wildman–Crippen LogP) is 0.444. The normalized spacial score (nSPS) is 15.7. The zero-order valence-corrected chi connectivity index (χ0v) is 5.89. The van der Waals surface area contributed by atoms with Gasteiger partial charge in [-0.1, -0.05) is 0 Å². The third-order valence-electron chi connectivity index (χ3n) is 1.23. The molecule has 2 nitrogen and oxygen atoms in total. The van der Waals surface area contributed by atoms with Gasteiger partial charge in [-0.15, -0.1) is 0 Å². The van der Waals surface area contributed by atoms with Crippen molar-refractivity contribution in [2.45, 2.75) is 32.0 Å². The molecule has 0 saturated heterocycles. The van der Waals surface area contributed by atoms with Crippen LogP contribution in [0.4, 0.5) is 4.39 Å². The van der Waals surface area contributed by atoms with Crippen LogP contribution in [0.15, 0.2) is 0 Å². The van der Waals surface area contributed by atoms with E-state index in [-0.39, 0.29) is 0 Å². The smallest absolute Gasteiger partial charge is 0.131 e. The van der Waals surface area contributed by atoms with Crippen LogP contribution in [0.2, 0.25) is 0 Å². The first kappa shape index (κ1) is 8.85. The van der Waals surface area contributed by atoms with Crippen LogP contribution in [-0.2, 0) is 0 Å². The van der Waals surface area contributed by atoms with E-state index >= 15 is 0 Å². The molecule has 0 heterocycles. The molecule has 0 saturated carbocycles. The lowest BCUT2D eigenvalue weighted by molar-refractivity contribution is 0.0137. The van der Waals surface area contributed by atoms with Gasteiger partial charge in [0.25, 0.3) is 0 Å². The molecular weight excluding hydrogens is 121 g/mol. The maximum atomic E-state index is 12.7. The summed E-state index contributed by atoms with van der Waals surface area (Å²) in [4.78, 5) is 0. The number of nitrogens with two attached hydrogens (primary N) is 1. The largest absolute Gasteiger partial charge is 0.390 e. The molecule has 0 aromatic carbocycles. The lowest BCUT2D eigenvalue weighted by atomic mass is 10.0. The second kappa shape index (κ2) is 3.13. The molecule has 1 unspecified atom stereocenters. The van der Waals surface area contributed by atoms with E-state index in [0.29, 0.717) is 13.0 Å². The number of hydrogen-bond acceptors (Lipinski definition) is 2. The first-order chi connectivity index (χ1) is 3.98. The van der Waals surface area contributed by atoms with Crippen LogP contribution in [0.1, 0.15) is 20.3 Å². The average Bonchev–Trinajstić information content (AvgIpc) is 1.64. The zero-order chi connectivity index (χ0) is 7.49. The second-order valence-electron chi connectivity index (χ2n) is 2.66. The summed E-state index contributed by atoms with van der Waals surface area (Å²) >= 11 is 0. The summed E-state index contributed by atoms with van der Waals surface area (Å²) < 4.78 is 12.7. The average molecular weight is 135 g/mol. The highest BCUT2D eigenvalue weighted by molar-refractivity contribution is 4.76. The van der Waals surface area contributed by atoms with Crippen LogP contribution in [0.25, 0.3) is 0 Å². The van der Waals surface area contributed by atoms with Crippen molar-refractivity contribution in [3.05, 3.63) is 0 Å². The standard InChI is InChI=1S/C6H14FNO/c1-6(2,7)5(9)3-4-8/h5,9H,3-4,8H2,1-2H3. The van der Waals surface area contributed by atoms with Crippen molar-refractivity contribution >= 4 is 0 Å². The lowest BCUT2D eigenvalue weighted by Crippen LogP contribution is -2.33. The molecule has 9 heavy (non-hydrogen) atoms. The van der Waals surface area contributed by atoms with E-state index in [2.05, 4.69) is 0 Å². The molecule has 0 spiro atoms. The van der Waals surface area contributed by atoms with Crippen LogP contribution in [0, 0.1) is 0 Å². The Balaban J connectivity index is 3.59. The highest BCUT2D eigenvalue weighted by Crippen LogP contribution is 2.15. The van der Waals surface area contributed by atoms with Crippen LogP contribution in [0.3, 0.4) is 0 Å². The second-order valence-corrected chi connectivity index (χ2v) is 2.66. The summed E-state index contributed by atoms with van der Waals surface area (Å²) in [7, 11) is 0. The van der Waals surface area contributed by atoms with E-state index in [0.717, 1.165) is 0 Å². The summed E-state index contributed by atoms with van der Waals surface area (Å²) in [5.74, 6) is 0. The van der Waals surface area contributed by atoms with Gasteiger partial charge in [-0.25, -0.2) is 4.39 Å². The minimum Gasteiger partial charge on any atom is -0.390 e. The first-order valence-electron chi connectivity index (χ1n) is 3.05. The molecule has 0 aromatic heterocycles. The van der Waals surface area contributed by atoms with Gasteiger partial charge in [0.2, 0.25) is 0 Å². The van der Waals surface area contributed by atoms with Crippen LogP contribution >= 0.6 is 0 Å². The Morgan fingerprint density at radius 1 is 1.67 bits per heavy atom. The molecule has 1 atom stereocenters. The Labute approximate surface area is 54.9 Å². The molecule has 3 heteroatoms. The minimum absolute atomic E-state index is 0.323. The molecule has 0 bridgehead atoms. The van der Waals surface area contributed by atoms with Gasteiger partial charge < -0.3 is 10.8 Å². The van der Waals surface area contributed by atoms with Crippen LogP contribution in [0.5, 0.6) is 0 Å². The molecule has 3 N–H and O–H groups in total. The summed E-state index contributed by atoms with van der Waals surface area (Å²) in [5, 5.41) is 8.93. The maximum Gasteiger partial charge on any atom is 0.131 e. The monoisotopic (exact) mass is 135 g/mol. The molecule has 56 valence electrons. The molecule has 0 aliphatic carbocycles. The first-order valence-corrected chi connectivity index (χ1v) is 3.05. The summed E-state index contributed by atoms with van der Waals surface area (Å²) in [5.41, 5.74) is 3.58. The van der Waals surface area contributed by atoms with Crippen LogP contribution < -0.4 is 5.73 Å². The quantitative estimate of drug-likeness (QED) is 0.590. The van der Waals surface area contributed by atoms with E-state index in [1.807, 2.05) is 0 Å². The molecular formula is C6H14FNO. The van der Waals surface area contributed by atoms with Crippen molar-refractivity contribution in [3.63, 3.8) is 0 Å². The van der Waals surface area contributed by atoms with E-state index in [1.165, 1.54) is 13.8 Å². The fourth-order valence-corrected chi connectivity index (χ4v) is 0.501. The third kappa shape index (κ3) is 3.43. The molecule has 0 fully saturated rings. The SMILES string of the molecule is CC(C)(F)C(O)CCN. The number of aliphatic hydroxyl groups excluding tert-OH is 1. The molecule has 0 aliphatic rings. The zero-order valence-electron chi connectivity index (χ0n) is 5.89. The Morgan fingerprint density at radius 3 is 2.22 bits per heavy atom. The highest BCUT2D eigenvalue weighted by atomic mass is 19.1. The minimum atomic E-state index is -1.51. The lowest BCUT2D eigenvalue weighted by Gasteiger charge is -2.20. The van der Waals surface area contributed by atoms with Crippen molar-refractivity contribution in [3.8, 4) is 0 Å². The fourth-order valence-electron chi connectivity index (χ4n) is 0.501. The van der Waals surface area contributed by atoms with E-state index in [1.54, 1.807) is 0 Å². The summed E-state index contributed by atoms with van der Waals surface area (Å²) in [6, 6.07) is 0. The maximum absolute atomic E-state index is 12.7. The molecule has 0 aromatic rings. The van der Waals surface area contributed by atoms with Crippen LogP contribution in [-0.4, -0.2) is 23.4 Å². The number of hydrogen-bond donors (Lipinski definition) is 2. The van der Waals surface area contributed by atoms with Crippen molar-refractivity contribution in [1.82, 2.24) is 0 Å². The van der Waals surface area contributed by atoms with Crippen molar-refractivity contribution in [2.24, 2.45) is 5.73 Å². The summed E-state index contributed by atoms with van der Waals surface area (Å²) in [6.07, 6.45) is -0.605. The molecule has 0 rings (SSSR count). The Hall–Kier alpha value is -0.150. The Morgan fingerprint density at radius 2 is 2.11 bits per heavy atom. The van der Waals surface area contributed by atoms with Crippen molar-refractivity contribution in [2.75, 3.05) is 6.54 Å². The van der Waals surface area contributed by atoms with Gasteiger partial charge in [0.1, 0.15) is 5.67 Å². The third-order valence-corrected chi connectivity index (χ3v) is 1.23. The fraction of sp³-hybridized carbons (Fsp3) is 1.00. The number of rotatable bonds is 3. The van der Waals surface area contributed by atoms with Crippen molar-refractivity contribution < 1.29 is 9.50 Å². The highest BCUT2D eigenvalue weighted by Gasteiger charge is 2.25. The van der Waals surface area contributed by atoms with Gasteiger partial charge in [0, 0.05) is 0 Å². The number of aliphatic hydroxyl groups is 1. The number of alkyl halides is 1. The van der Waals surface area contributed by atoms with Gasteiger partial charge in [-0.2, -0.15) is 0 Å². The number of halogens is 1. The van der Waals surface area contributed by atoms with E-state index < -0.39 is 11.8 Å². The van der Waals surface area contributed by atoms with Gasteiger partial charge in [0.15, 0.2) is 0 Å².